The first-order chi connectivity index (χ1) is 7.08. The highest BCUT2D eigenvalue weighted by Crippen LogP contribution is 2.36. The van der Waals surface area contributed by atoms with Gasteiger partial charge in [-0.05, 0) is 24.3 Å². The fraction of sp³-hybridized carbons (Fsp3) is 0.545. The number of nitrogen functional groups attached to an aromatic ring is 1. The molecule has 2 atom stereocenters. The molecule has 4 heteroatoms. The summed E-state index contributed by atoms with van der Waals surface area (Å²) in [5.74, 6) is 1.41. The molecule has 0 saturated heterocycles. The van der Waals surface area contributed by atoms with Gasteiger partial charge in [0.1, 0.15) is 5.69 Å². The van der Waals surface area contributed by atoms with Crippen LogP contribution >= 0.6 is 0 Å². The van der Waals surface area contributed by atoms with Crippen LogP contribution in [0.15, 0.2) is 12.3 Å². The van der Waals surface area contributed by atoms with Crippen LogP contribution in [0.4, 0.5) is 5.69 Å². The van der Waals surface area contributed by atoms with Gasteiger partial charge in [0, 0.05) is 19.8 Å². The Balaban J connectivity index is 1.92. The summed E-state index contributed by atoms with van der Waals surface area (Å²) < 4.78 is 1.75. The van der Waals surface area contributed by atoms with Gasteiger partial charge in [-0.2, -0.15) is 0 Å². The number of nitrogens with zero attached hydrogens (tertiary/aromatic N) is 1. The molecule has 0 aliphatic heterocycles. The highest BCUT2D eigenvalue weighted by Gasteiger charge is 2.32. The molecular weight excluding hydrogens is 190 g/mol. The second-order valence-electron chi connectivity index (χ2n) is 4.45. The summed E-state index contributed by atoms with van der Waals surface area (Å²) in [6.45, 7) is 2.99. The molecule has 1 saturated carbocycles. The maximum atomic E-state index is 11.7. The van der Waals surface area contributed by atoms with Crippen LogP contribution < -0.4 is 11.1 Å². The summed E-state index contributed by atoms with van der Waals surface area (Å²) in [5, 5.41) is 2.93. The molecule has 82 valence electrons. The van der Waals surface area contributed by atoms with Crippen molar-refractivity contribution in [1.82, 2.24) is 9.88 Å². The summed E-state index contributed by atoms with van der Waals surface area (Å²) >= 11 is 0. The summed E-state index contributed by atoms with van der Waals surface area (Å²) in [4.78, 5) is 11.7. The molecule has 3 N–H and O–H groups in total. The Morgan fingerprint density at radius 1 is 1.73 bits per heavy atom. The first kappa shape index (κ1) is 10.1. The molecular formula is C11H17N3O. The Labute approximate surface area is 89.5 Å². The normalized spacial score (nSPS) is 23.9. The van der Waals surface area contributed by atoms with E-state index in [1.54, 1.807) is 16.8 Å². The molecule has 4 nitrogen and oxygen atoms in total. The standard InChI is InChI=1S/C11H17N3O/c1-7-3-8(7)5-13-11(15)10-4-9(12)6-14(10)2/h4,6-8H,3,5,12H2,1-2H3,(H,13,15). The van der Waals surface area contributed by atoms with Crippen LogP contribution in [-0.2, 0) is 7.05 Å². The average Bonchev–Trinajstić information content (AvgIpc) is 2.76. The first-order valence-corrected chi connectivity index (χ1v) is 5.28. The third-order valence-electron chi connectivity index (χ3n) is 3.06. The van der Waals surface area contributed by atoms with Crippen LogP contribution in [-0.4, -0.2) is 17.0 Å². The number of anilines is 1. The minimum absolute atomic E-state index is 0.0340. The van der Waals surface area contributed by atoms with E-state index in [1.165, 1.54) is 6.42 Å². The number of nitrogens with one attached hydrogen (secondary N) is 1. The number of nitrogens with two attached hydrogens (primary N) is 1. The largest absolute Gasteiger partial charge is 0.397 e. The Morgan fingerprint density at radius 3 is 2.87 bits per heavy atom. The number of hydrogen-bond donors (Lipinski definition) is 2. The Bertz CT molecular complexity index is 383. The molecule has 0 spiro atoms. The topological polar surface area (TPSA) is 60.1 Å². The van der Waals surface area contributed by atoms with E-state index in [0.717, 1.165) is 12.5 Å². The number of aryl methyl sites for hydroxylation is 1. The van der Waals surface area contributed by atoms with Crippen LogP contribution in [0.2, 0.25) is 0 Å². The van der Waals surface area contributed by atoms with Crippen LogP contribution in [0.25, 0.3) is 0 Å². The Hall–Kier alpha value is -1.45. The van der Waals surface area contributed by atoms with Crippen molar-refractivity contribution in [3.8, 4) is 0 Å². The summed E-state index contributed by atoms with van der Waals surface area (Å²) in [6.07, 6.45) is 2.98. The lowest BCUT2D eigenvalue weighted by Gasteiger charge is -2.04. The highest BCUT2D eigenvalue weighted by atomic mass is 16.1. The van der Waals surface area contributed by atoms with E-state index in [4.69, 9.17) is 5.73 Å². The second kappa shape index (κ2) is 3.61. The second-order valence-corrected chi connectivity index (χ2v) is 4.45. The minimum Gasteiger partial charge on any atom is -0.397 e. The third kappa shape index (κ3) is 2.14. The quantitative estimate of drug-likeness (QED) is 0.776. The van der Waals surface area contributed by atoms with E-state index in [1.807, 2.05) is 7.05 Å². The molecule has 0 radical (unpaired) electrons. The smallest absolute Gasteiger partial charge is 0.267 e. The van der Waals surface area contributed by atoms with Crippen LogP contribution in [0.3, 0.4) is 0 Å². The van der Waals surface area contributed by atoms with E-state index in [9.17, 15) is 4.79 Å². The van der Waals surface area contributed by atoms with E-state index in [-0.39, 0.29) is 5.91 Å². The number of carbonyl (C=O) groups is 1. The van der Waals surface area contributed by atoms with Gasteiger partial charge in [-0.1, -0.05) is 6.92 Å². The number of aromatic nitrogens is 1. The fourth-order valence-electron chi connectivity index (χ4n) is 1.81. The van der Waals surface area contributed by atoms with Crippen LogP contribution in [0.5, 0.6) is 0 Å². The van der Waals surface area contributed by atoms with E-state index >= 15 is 0 Å². The van der Waals surface area contributed by atoms with Crippen molar-refractivity contribution in [3.05, 3.63) is 18.0 Å². The van der Waals surface area contributed by atoms with Gasteiger partial charge in [0.2, 0.25) is 0 Å². The summed E-state index contributed by atoms with van der Waals surface area (Å²) in [6, 6.07) is 1.70. The van der Waals surface area contributed by atoms with Gasteiger partial charge < -0.3 is 15.6 Å². The number of amides is 1. The molecule has 1 amide bonds. The molecule has 0 bridgehead atoms. The Kier molecular flexibility index (Phi) is 2.42. The van der Waals surface area contributed by atoms with Crippen LogP contribution in [0.1, 0.15) is 23.8 Å². The predicted molar refractivity (Wildman–Crippen MR) is 59.4 cm³/mol. The molecule has 2 rings (SSSR count). The van der Waals surface area contributed by atoms with Crippen molar-refractivity contribution in [2.45, 2.75) is 13.3 Å². The molecule has 1 aliphatic rings. The maximum Gasteiger partial charge on any atom is 0.267 e. The summed E-state index contributed by atoms with van der Waals surface area (Å²) in [7, 11) is 1.82. The molecule has 1 fully saturated rings. The molecule has 0 aromatic carbocycles. The fourth-order valence-corrected chi connectivity index (χ4v) is 1.81. The van der Waals surface area contributed by atoms with E-state index in [0.29, 0.717) is 17.3 Å². The van der Waals surface area contributed by atoms with Gasteiger partial charge >= 0.3 is 0 Å². The third-order valence-corrected chi connectivity index (χ3v) is 3.06. The van der Waals surface area contributed by atoms with Crippen molar-refractivity contribution < 1.29 is 4.79 Å². The average molecular weight is 207 g/mol. The van der Waals surface area contributed by atoms with Crippen molar-refractivity contribution in [3.63, 3.8) is 0 Å². The zero-order valence-electron chi connectivity index (χ0n) is 9.16. The lowest BCUT2D eigenvalue weighted by Crippen LogP contribution is -2.27. The SMILES string of the molecule is CC1CC1CNC(=O)c1cc(N)cn1C. The van der Waals surface area contributed by atoms with Gasteiger partial charge in [0.15, 0.2) is 0 Å². The molecule has 1 aromatic rings. The lowest BCUT2D eigenvalue weighted by molar-refractivity contribution is 0.0943. The predicted octanol–water partition coefficient (Wildman–Crippen LogP) is 0.993. The molecule has 1 aromatic heterocycles. The van der Waals surface area contributed by atoms with Crippen molar-refractivity contribution in [1.29, 1.82) is 0 Å². The van der Waals surface area contributed by atoms with Crippen molar-refractivity contribution >= 4 is 11.6 Å². The van der Waals surface area contributed by atoms with Crippen molar-refractivity contribution in [2.24, 2.45) is 18.9 Å². The van der Waals surface area contributed by atoms with E-state index in [2.05, 4.69) is 12.2 Å². The first-order valence-electron chi connectivity index (χ1n) is 5.28. The van der Waals surface area contributed by atoms with Gasteiger partial charge in [-0.15, -0.1) is 0 Å². The van der Waals surface area contributed by atoms with Gasteiger partial charge in [0.05, 0.1) is 5.69 Å². The molecule has 15 heavy (non-hydrogen) atoms. The number of rotatable bonds is 3. The summed E-state index contributed by atoms with van der Waals surface area (Å²) in [5.41, 5.74) is 6.86. The zero-order chi connectivity index (χ0) is 11.0. The number of hydrogen-bond acceptors (Lipinski definition) is 2. The molecule has 1 aliphatic carbocycles. The number of carbonyl (C=O) groups excluding carboxylic acids is 1. The lowest BCUT2D eigenvalue weighted by atomic mass is 10.3. The Morgan fingerprint density at radius 2 is 2.40 bits per heavy atom. The molecule has 1 heterocycles. The maximum absolute atomic E-state index is 11.7. The van der Waals surface area contributed by atoms with Crippen molar-refractivity contribution in [2.75, 3.05) is 12.3 Å². The van der Waals surface area contributed by atoms with Crippen LogP contribution in [0, 0.1) is 11.8 Å². The molecule has 2 unspecified atom stereocenters. The monoisotopic (exact) mass is 207 g/mol. The van der Waals surface area contributed by atoms with E-state index < -0.39 is 0 Å². The highest BCUT2D eigenvalue weighted by molar-refractivity contribution is 5.93. The zero-order valence-corrected chi connectivity index (χ0v) is 9.16. The van der Waals surface area contributed by atoms with Gasteiger partial charge in [-0.25, -0.2) is 0 Å². The minimum atomic E-state index is -0.0340. The van der Waals surface area contributed by atoms with Gasteiger partial charge in [-0.3, -0.25) is 4.79 Å². The van der Waals surface area contributed by atoms with Gasteiger partial charge in [0.25, 0.3) is 5.91 Å².